The first-order chi connectivity index (χ1) is 5.29. The maximum absolute atomic E-state index is 5.98. The summed E-state index contributed by atoms with van der Waals surface area (Å²) in [4.78, 5) is 4.30. The largest absolute Gasteiger partial charge is 0.318 e. The number of rotatable bonds is 0. The van der Waals surface area contributed by atoms with Crippen LogP contribution in [-0.2, 0) is 13.0 Å². The molecule has 11 heavy (non-hydrogen) atoms. The van der Waals surface area contributed by atoms with E-state index < -0.39 is 0 Å². The minimum absolute atomic E-state index is 0.750. The lowest BCUT2D eigenvalue weighted by Gasteiger charge is -2.13. The third kappa shape index (κ3) is 1.20. The molecule has 1 aliphatic heterocycles. The van der Waals surface area contributed by atoms with E-state index in [1.54, 1.807) is 0 Å². The molecule has 1 aromatic rings. The fourth-order valence-electron chi connectivity index (χ4n) is 1.42. The van der Waals surface area contributed by atoms with Crippen LogP contribution < -0.4 is 0 Å². The van der Waals surface area contributed by atoms with E-state index >= 15 is 0 Å². The van der Waals surface area contributed by atoms with Crippen molar-refractivity contribution in [1.82, 2.24) is 9.55 Å². The molecule has 0 amide bonds. The van der Waals surface area contributed by atoms with Gasteiger partial charge in [0, 0.05) is 13.0 Å². The minimum atomic E-state index is 0.750. The van der Waals surface area contributed by atoms with Gasteiger partial charge in [-0.2, -0.15) is 0 Å². The van der Waals surface area contributed by atoms with Gasteiger partial charge in [0.25, 0.3) is 0 Å². The molecule has 0 aromatic carbocycles. The molecule has 2 rings (SSSR count). The van der Waals surface area contributed by atoms with E-state index in [1.165, 1.54) is 12.8 Å². The zero-order chi connectivity index (χ0) is 7.84. The van der Waals surface area contributed by atoms with E-state index in [-0.39, 0.29) is 0 Å². The smallest absolute Gasteiger partial charge is 0.143 e. The Hall–Kier alpha value is -0.0200. The van der Waals surface area contributed by atoms with Gasteiger partial charge in [0.15, 0.2) is 0 Å². The molecule has 0 radical (unpaired) electrons. The second-order valence-electron chi connectivity index (χ2n) is 2.72. The van der Waals surface area contributed by atoms with Gasteiger partial charge in [0.1, 0.15) is 15.6 Å². The number of aromatic nitrogens is 2. The number of halogens is 2. The van der Waals surface area contributed by atoms with Gasteiger partial charge in [-0.15, -0.1) is 0 Å². The van der Waals surface area contributed by atoms with E-state index in [4.69, 9.17) is 11.6 Å². The predicted octanol–water partition coefficient (Wildman–Crippen LogP) is 2.64. The highest BCUT2D eigenvalue weighted by molar-refractivity contribution is 9.10. The Balaban J connectivity index is 2.50. The lowest BCUT2D eigenvalue weighted by Crippen LogP contribution is -2.10. The third-order valence-corrected chi connectivity index (χ3v) is 3.14. The van der Waals surface area contributed by atoms with Crippen molar-refractivity contribution in [2.24, 2.45) is 0 Å². The van der Waals surface area contributed by atoms with Crippen molar-refractivity contribution in [3.8, 4) is 0 Å². The first-order valence-corrected chi connectivity index (χ1v) is 4.86. The molecule has 0 N–H and O–H groups in total. The topological polar surface area (TPSA) is 17.8 Å². The van der Waals surface area contributed by atoms with Gasteiger partial charge in [-0.1, -0.05) is 11.6 Å². The van der Waals surface area contributed by atoms with Gasteiger partial charge in [-0.05, 0) is 28.8 Å². The zero-order valence-electron chi connectivity index (χ0n) is 5.98. The van der Waals surface area contributed by atoms with Crippen LogP contribution in [0.15, 0.2) is 4.60 Å². The molecule has 0 unspecified atom stereocenters. The average molecular weight is 236 g/mol. The summed E-state index contributed by atoms with van der Waals surface area (Å²) in [6, 6.07) is 0. The van der Waals surface area contributed by atoms with Crippen LogP contribution in [0, 0.1) is 0 Å². The normalized spacial score (nSPS) is 16.5. The Kier molecular flexibility index (Phi) is 1.93. The number of imidazole rings is 1. The number of hydrogen-bond donors (Lipinski definition) is 0. The summed E-state index contributed by atoms with van der Waals surface area (Å²) in [5, 5.41) is 0.750. The molecule has 2 nitrogen and oxygen atoms in total. The number of nitrogens with zero attached hydrogens (tertiary/aromatic N) is 2. The lowest BCUT2D eigenvalue weighted by atomic mass is 10.2. The van der Waals surface area contributed by atoms with E-state index in [1.807, 2.05) is 0 Å². The van der Waals surface area contributed by atoms with E-state index in [9.17, 15) is 0 Å². The van der Waals surface area contributed by atoms with Gasteiger partial charge in [0.05, 0.1) is 0 Å². The summed E-state index contributed by atoms with van der Waals surface area (Å²) in [6.07, 6.45) is 3.51. The summed E-state index contributed by atoms with van der Waals surface area (Å²) < 4.78 is 2.87. The molecule has 2 heterocycles. The van der Waals surface area contributed by atoms with Crippen molar-refractivity contribution in [3.05, 3.63) is 15.6 Å². The second kappa shape index (κ2) is 2.79. The Morgan fingerprint density at radius 3 is 3.00 bits per heavy atom. The number of hydrogen-bond acceptors (Lipinski definition) is 1. The van der Waals surface area contributed by atoms with E-state index in [0.717, 1.165) is 28.5 Å². The fourth-order valence-corrected chi connectivity index (χ4v) is 2.06. The first kappa shape index (κ1) is 7.62. The molecule has 0 saturated heterocycles. The van der Waals surface area contributed by atoms with Gasteiger partial charge in [-0.25, -0.2) is 4.98 Å². The van der Waals surface area contributed by atoms with Gasteiger partial charge in [-0.3, -0.25) is 0 Å². The second-order valence-corrected chi connectivity index (χ2v) is 3.83. The monoisotopic (exact) mass is 234 g/mol. The highest BCUT2D eigenvalue weighted by atomic mass is 79.9. The molecule has 0 spiro atoms. The summed E-state index contributed by atoms with van der Waals surface area (Å²) in [7, 11) is 0. The standard InChI is InChI=1S/C7H8BrClN2/c8-6-7(9)11-4-2-1-3-5(11)10-6/h1-4H2. The Bertz CT molecular complexity index is 282. The average Bonchev–Trinajstić information content (AvgIpc) is 2.30. The van der Waals surface area contributed by atoms with Crippen LogP contribution in [0.2, 0.25) is 5.15 Å². The molecular weight excluding hydrogens is 227 g/mol. The highest BCUT2D eigenvalue weighted by Crippen LogP contribution is 2.26. The summed E-state index contributed by atoms with van der Waals surface area (Å²) in [5.41, 5.74) is 0. The van der Waals surface area contributed by atoms with E-state index in [2.05, 4.69) is 25.5 Å². The highest BCUT2D eigenvalue weighted by Gasteiger charge is 2.15. The van der Waals surface area contributed by atoms with Gasteiger partial charge < -0.3 is 4.57 Å². The number of aryl methyl sites for hydroxylation is 1. The van der Waals surface area contributed by atoms with Crippen molar-refractivity contribution in [1.29, 1.82) is 0 Å². The molecule has 4 heteroatoms. The maximum Gasteiger partial charge on any atom is 0.143 e. The molecule has 0 fully saturated rings. The molecule has 1 aromatic heterocycles. The molecule has 60 valence electrons. The van der Waals surface area contributed by atoms with E-state index in [0.29, 0.717) is 0 Å². The van der Waals surface area contributed by atoms with Crippen LogP contribution >= 0.6 is 27.5 Å². The molecule has 1 aliphatic rings. The summed E-state index contributed by atoms with van der Waals surface area (Å²) >= 11 is 9.29. The lowest BCUT2D eigenvalue weighted by molar-refractivity contribution is 0.523. The van der Waals surface area contributed by atoms with Gasteiger partial charge in [0.2, 0.25) is 0 Å². The van der Waals surface area contributed by atoms with Crippen LogP contribution in [0.25, 0.3) is 0 Å². The quantitative estimate of drug-likeness (QED) is 0.676. The molecule has 0 saturated carbocycles. The first-order valence-electron chi connectivity index (χ1n) is 3.69. The van der Waals surface area contributed by atoms with Crippen molar-refractivity contribution in [3.63, 3.8) is 0 Å². The van der Waals surface area contributed by atoms with Crippen LogP contribution in [0.4, 0.5) is 0 Å². The Labute approximate surface area is 78.7 Å². The fraction of sp³-hybridized carbons (Fsp3) is 0.571. The Morgan fingerprint density at radius 2 is 2.27 bits per heavy atom. The molecular formula is C7H8BrClN2. The van der Waals surface area contributed by atoms with Crippen LogP contribution in [0.3, 0.4) is 0 Å². The Morgan fingerprint density at radius 1 is 1.45 bits per heavy atom. The molecule has 0 aliphatic carbocycles. The predicted molar refractivity (Wildman–Crippen MR) is 47.9 cm³/mol. The summed E-state index contributed by atoms with van der Waals surface area (Å²) in [5.74, 6) is 1.12. The zero-order valence-corrected chi connectivity index (χ0v) is 8.32. The van der Waals surface area contributed by atoms with Gasteiger partial charge >= 0.3 is 0 Å². The minimum Gasteiger partial charge on any atom is -0.318 e. The van der Waals surface area contributed by atoms with Crippen LogP contribution in [0.1, 0.15) is 18.7 Å². The number of fused-ring (bicyclic) bond motifs is 1. The van der Waals surface area contributed by atoms with Crippen molar-refractivity contribution in [2.45, 2.75) is 25.8 Å². The van der Waals surface area contributed by atoms with Crippen molar-refractivity contribution < 1.29 is 0 Å². The molecule has 0 atom stereocenters. The maximum atomic E-state index is 5.98. The van der Waals surface area contributed by atoms with Crippen LogP contribution in [0.5, 0.6) is 0 Å². The third-order valence-electron chi connectivity index (χ3n) is 1.98. The van der Waals surface area contributed by atoms with Crippen LogP contribution in [-0.4, -0.2) is 9.55 Å². The molecule has 0 bridgehead atoms. The summed E-state index contributed by atoms with van der Waals surface area (Å²) in [6.45, 7) is 1.02. The SMILES string of the molecule is Clc1c(Br)nc2n1CCCC2. The van der Waals surface area contributed by atoms with Crippen molar-refractivity contribution in [2.75, 3.05) is 0 Å². The van der Waals surface area contributed by atoms with Crippen molar-refractivity contribution >= 4 is 27.5 Å².